The van der Waals surface area contributed by atoms with Crippen molar-refractivity contribution in [1.82, 2.24) is 16.2 Å². The number of amides is 3. The van der Waals surface area contributed by atoms with E-state index in [0.717, 1.165) is 6.42 Å². The van der Waals surface area contributed by atoms with Crippen molar-refractivity contribution in [1.29, 1.82) is 0 Å². The Morgan fingerprint density at radius 3 is 2.86 bits per heavy atom. The van der Waals surface area contributed by atoms with Crippen LogP contribution in [-0.4, -0.2) is 29.7 Å². The molecule has 0 bridgehead atoms. The van der Waals surface area contributed by atoms with Crippen molar-refractivity contribution in [2.45, 2.75) is 25.9 Å². The number of allylic oxidation sites excluding steroid dienone is 13. The summed E-state index contributed by atoms with van der Waals surface area (Å²) in [6.45, 7) is 1.76. The molecule has 2 unspecified atom stereocenters. The summed E-state index contributed by atoms with van der Waals surface area (Å²) in [5.74, 6) is -0.339. The Morgan fingerprint density at radius 2 is 2.04 bits per heavy atom. The van der Waals surface area contributed by atoms with Crippen LogP contribution in [0.2, 0.25) is 0 Å². The minimum atomic E-state index is -1.18. The summed E-state index contributed by atoms with van der Waals surface area (Å²) in [5.41, 5.74) is 12.2. The Balaban J connectivity index is 1.44. The molecule has 0 saturated heterocycles. The second-order valence-electron chi connectivity index (χ2n) is 7.22. The quantitative estimate of drug-likeness (QED) is 0.567. The van der Waals surface area contributed by atoms with Gasteiger partial charge >= 0.3 is 6.03 Å². The van der Waals surface area contributed by atoms with Crippen LogP contribution in [0.5, 0.6) is 0 Å². The van der Waals surface area contributed by atoms with Gasteiger partial charge in [0.25, 0.3) is 5.91 Å². The Morgan fingerprint density at radius 1 is 1.18 bits per heavy atom. The van der Waals surface area contributed by atoms with Crippen molar-refractivity contribution in [2.75, 3.05) is 6.54 Å². The zero-order valence-electron chi connectivity index (χ0n) is 15.7. The van der Waals surface area contributed by atoms with Crippen LogP contribution in [-0.2, 0) is 4.79 Å². The predicted molar refractivity (Wildman–Crippen MR) is 107 cm³/mol. The summed E-state index contributed by atoms with van der Waals surface area (Å²) in [5, 5.41) is 11.8. The lowest BCUT2D eigenvalue weighted by Gasteiger charge is -2.37. The molecule has 0 aromatic carbocycles. The van der Waals surface area contributed by atoms with Gasteiger partial charge in [0.2, 0.25) is 0 Å². The Bertz CT molecular complexity index is 942. The molecule has 6 nitrogen and oxygen atoms in total. The number of urea groups is 1. The lowest BCUT2D eigenvalue weighted by molar-refractivity contribution is -0.129. The molecule has 0 aromatic rings. The molecule has 2 atom stereocenters. The Hall–Kier alpha value is -3.12. The third-order valence-corrected chi connectivity index (χ3v) is 5.31. The summed E-state index contributed by atoms with van der Waals surface area (Å²) in [7, 11) is 0. The monoisotopic (exact) mass is 377 g/mol. The SMILES string of the molecule is CC(O)C(=O)NNC(=O)NCCC1=CC2=CC=CC3=CC=C4CC=CC1=C4C32. The molecule has 4 N–H and O–H groups in total. The van der Waals surface area contributed by atoms with Gasteiger partial charge in [-0.15, -0.1) is 0 Å². The number of rotatable bonds is 4. The number of hydrazine groups is 1. The average Bonchev–Trinajstić information content (AvgIpc) is 2.70. The van der Waals surface area contributed by atoms with Crippen LogP contribution in [0.3, 0.4) is 0 Å². The summed E-state index contributed by atoms with van der Waals surface area (Å²) in [6, 6.07) is -0.511. The summed E-state index contributed by atoms with van der Waals surface area (Å²) in [4.78, 5) is 23.1. The minimum Gasteiger partial charge on any atom is -0.383 e. The highest BCUT2D eigenvalue weighted by atomic mass is 16.3. The Labute approximate surface area is 163 Å². The van der Waals surface area contributed by atoms with E-state index in [-0.39, 0.29) is 0 Å². The van der Waals surface area contributed by atoms with Gasteiger partial charge in [0.15, 0.2) is 0 Å². The largest absolute Gasteiger partial charge is 0.383 e. The van der Waals surface area contributed by atoms with Gasteiger partial charge in [-0.2, -0.15) is 0 Å². The fourth-order valence-electron chi connectivity index (χ4n) is 3.99. The molecule has 0 radical (unpaired) electrons. The van der Waals surface area contributed by atoms with Gasteiger partial charge in [-0.05, 0) is 53.2 Å². The van der Waals surface area contributed by atoms with E-state index in [0.29, 0.717) is 18.9 Å². The summed E-state index contributed by atoms with van der Waals surface area (Å²) >= 11 is 0. The van der Waals surface area contributed by atoms with Crippen LogP contribution < -0.4 is 16.2 Å². The molecule has 4 aliphatic carbocycles. The molecular formula is C22H23N3O3. The van der Waals surface area contributed by atoms with E-state index in [9.17, 15) is 9.59 Å². The van der Waals surface area contributed by atoms with Crippen molar-refractivity contribution in [3.63, 3.8) is 0 Å². The molecule has 0 aliphatic heterocycles. The highest BCUT2D eigenvalue weighted by Crippen LogP contribution is 2.48. The van der Waals surface area contributed by atoms with Crippen LogP contribution in [0.15, 0.2) is 82.0 Å². The highest BCUT2D eigenvalue weighted by Gasteiger charge is 2.34. The van der Waals surface area contributed by atoms with Crippen molar-refractivity contribution in [2.24, 2.45) is 5.92 Å². The fourth-order valence-corrected chi connectivity index (χ4v) is 3.99. The van der Waals surface area contributed by atoms with Gasteiger partial charge in [0, 0.05) is 12.5 Å². The second-order valence-corrected chi connectivity index (χ2v) is 7.22. The van der Waals surface area contributed by atoms with E-state index < -0.39 is 18.0 Å². The summed E-state index contributed by atoms with van der Waals surface area (Å²) < 4.78 is 0. The fraction of sp³-hybridized carbons (Fsp3) is 0.273. The maximum absolute atomic E-state index is 11.8. The van der Waals surface area contributed by atoms with Crippen molar-refractivity contribution < 1.29 is 14.7 Å². The van der Waals surface area contributed by atoms with Gasteiger partial charge in [0.05, 0.1) is 0 Å². The second kappa shape index (κ2) is 7.48. The number of hydrogen-bond acceptors (Lipinski definition) is 3. The molecule has 6 heteroatoms. The third kappa shape index (κ3) is 3.39. The van der Waals surface area contributed by atoms with E-state index in [1.807, 2.05) is 0 Å². The first-order valence-corrected chi connectivity index (χ1v) is 9.47. The minimum absolute atomic E-state index is 0.320. The number of carbonyl (C=O) groups is 2. The van der Waals surface area contributed by atoms with Crippen molar-refractivity contribution >= 4 is 11.9 Å². The van der Waals surface area contributed by atoms with Gasteiger partial charge in [-0.3, -0.25) is 10.2 Å². The summed E-state index contributed by atoms with van der Waals surface area (Å²) in [6.07, 6.45) is 17.9. The number of aliphatic hydroxyl groups excluding tert-OH is 1. The van der Waals surface area contributed by atoms with Crippen LogP contribution >= 0.6 is 0 Å². The maximum Gasteiger partial charge on any atom is 0.333 e. The van der Waals surface area contributed by atoms with Crippen LogP contribution in [0.4, 0.5) is 4.79 Å². The predicted octanol–water partition coefficient (Wildman–Crippen LogP) is 2.26. The zero-order chi connectivity index (χ0) is 19.7. The molecule has 4 aliphatic rings. The van der Waals surface area contributed by atoms with E-state index >= 15 is 0 Å². The molecule has 0 saturated carbocycles. The van der Waals surface area contributed by atoms with Gasteiger partial charge < -0.3 is 10.4 Å². The van der Waals surface area contributed by atoms with E-state index in [1.54, 1.807) is 0 Å². The first kappa shape index (κ1) is 18.3. The van der Waals surface area contributed by atoms with Gasteiger partial charge in [-0.25, -0.2) is 10.2 Å². The van der Waals surface area contributed by atoms with E-state index in [2.05, 4.69) is 64.8 Å². The molecular weight excluding hydrogens is 354 g/mol. The van der Waals surface area contributed by atoms with E-state index in [1.165, 1.54) is 40.4 Å². The smallest absolute Gasteiger partial charge is 0.333 e. The molecule has 3 amide bonds. The maximum atomic E-state index is 11.8. The van der Waals surface area contributed by atoms with Crippen LogP contribution in [0.25, 0.3) is 0 Å². The Kier molecular flexibility index (Phi) is 4.88. The topological polar surface area (TPSA) is 90.5 Å². The molecule has 0 aromatic heterocycles. The zero-order valence-corrected chi connectivity index (χ0v) is 15.7. The third-order valence-electron chi connectivity index (χ3n) is 5.31. The normalized spacial score (nSPS) is 22.3. The van der Waals surface area contributed by atoms with Gasteiger partial charge in [-0.1, -0.05) is 48.6 Å². The molecule has 28 heavy (non-hydrogen) atoms. The lowest BCUT2D eigenvalue weighted by atomic mass is 9.67. The van der Waals surface area contributed by atoms with Crippen molar-refractivity contribution in [3.8, 4) is 0 Å². The van der Waals surface area contributed by atoms with E-state index in [4.69, 9.17) is 5.11 Å². The lowest BCUT2D eigenvalue weighted by Crippen LogP contribution is -2.49. The number of hydrogen-bond donors (Lipinski definition) is 4. The average molecular weight is 377 g/mol. The standard InChI is InChI=1S/C22H23N3O3/c1-13(26)21(27)24-25-22(28)23-11-10-16-12-17-6-2-4-14-8-9-15-5-3-7-18(16)20(15)19(14)17/h2-4,6-9,12-13,19,26H,5,10-11H2,1H3,(H,24,27)(H2,23,25,28). The number of aliphatic hydroxyl groups is 1. The number of nitrogens with one attached hydrogen (secondary N) is 3. The molecule has 0 spiro atoms. The van der Waals surface area contributed by atoms with Crippen LogP contribution in [0.1, 0.15) is 19.8 Å². The van der Waals surface area contributed by atoms with Crippen molar-refractivity contribution in [3.05, 3.63) is 82.0 Å². The molecule has 0 heterocycles. The first-order chi connectivity index (χ1) is 13.5. The molecule has 0 fully saturated rings. The molecule has 144 valence electrons. The van der Waals surface area contributed by atoms with Crippen LogP contribution in [0, 0.1) is 5.92 Å². The molecule has 4 rings (SSSR count). The number of carbonyl (C=O) groups excluding carboxylic acids is 2. The first-order valence-electron chi connectivity index (χ1n) is 9.47. The highest BCUT2D eigenvalue weighted by molar-refractivity contribution is 5.83. The van der Waals surface area contributed by atoms with Gasteiger partial charge in [0.1, 0.15) is 6.10 Å².